The Hall–Kier alpha value is -1.63. The minimum atomic E-state index is -0.0999. The SMILES string of the molecule is CN=C(NC1CC1c1ccccc1F)N1CCC(c2ccccc2)C1.I. The normalized spacial score (nSPS) is 24.9. The molecular weight excluding hydrogens is 440 g/mol. The van der Waals surface area contributed by atoms with Gasteiger partial charge in [0, 0.05) is 38.0 Å². The highest BCUT2D eigenvalue weighted by Gasteiger charge is 2.41. The lowest BCUT2D eigenvalue weighted by Crippen LogP contribution is -2.41. The van der Waals surface area contributed by atoms with Crippen LogP contribution < -0.4 is 5.32 Å². The molecule has 5 heteroatoms. The third-order valence-electron chi connectivity index (χ3n) is 5.38. The van der Waals surface area contributed by atoms with Gasteiger partial charge in [-0.2, -0.15) is 0 Å². The molecular formula is C21H25FIN3. The van der Waals surface area contributed by atoms with Gasteiger partial charge in [-0.15, -0.1) is 24.0 Å². The van der Waals surface area contributed by atoms with E-state index < -0.39 is 0 Å². The average Bonchev–Trinajstić information content (AvgIpc) is 3.23. The lowest BCUT2D eigenvalue weighted by molar-refractivity contribution is 0.484. The predicted octanol–water partition coefficient (Wildman–Crippen LogP) is 4.36. The van der Waals surface area contributed by atoms with Crippen molar-refractivity contribution in [3.8, 4) is 0 Å². The molecule has 2 fully saturated rings. The summed E-state index contributed by atoms with van der Waals surface area (Å²) in [6.07, 6.45) is 2.11. The van der Waals surface area contributed by atoms with Crippen LogP contribution in [0, 0.1) is 5.82 Å². The number of rotatable bonds is 3. The van der Waals surface area contributed by atoms with E-state index in [0.717, 1.165) is 37.5 Å². The van der Waals surface area contributed by atoms with Gasteiger partial charge in [0.25, 0.3) is 0 Å². The fourth-order valence-corrected chi connectivity index (χ4v) is 3.89. The fourth-order valence-electron chi connectivity index (χ4n) is 3.89. The van der Waals surface area contributed by atoms with Crippen LogP contribution >= 0.6 is 24.0 Å². The molecule has 1 N–H and O–H groups in total. The van der Waals surface area contributed by atoms with Gasteiger partial charge in [0.2, 0.25) is 0 Å². The molecule has 2 aromatic rings. The highest BCUT2D eigenvalue weighted by molar-refractivity contribution is 14.0. The van der Waals surface area contributed by atoms with Crippen molar-refractivity contribution in [2.75, 3.05) is 20.1 Å². The van der Waals surface area contributed by atoms with E-state index in [0.29, 0.717) is 5.92 Å². The third kappa shape index (κ3) is 4.03. The van der Waals surface area contributed by atoms with E-state index >= 15 is 0 Å². The molecule has 138 valence electrons. The van der Waals surface area contributed by atoms with Crippen molar-refractivity contribution in [3.63, 3.8) is 0 Å². The summed E-state index contributed by atoms with van der Waals surface area (Å²) in [4.78, 5) is 6.79. The molecule has 1 heterocycles. The summed E-state index contributed by atoms with van der Waals surface area (Å²) in [5.41, 5.74) is 2.22. The molecule has 2 aromatic carbocycles. The molecule has 4 rings (SSSR count). The second kappa shape index (κ2) is 8.37. The van der Waals surface area contributed by atoms with Gasteiger partial charge in [-0.25, -0.2) is 4.39 Å². The van der Waals surface area contributed by atoms with Crippen molar-refractivity contribution >= 4 is 29.9 Å². The van der Waals surface area contributed by atoms with Gasteiger partial charge in [-0.1, -0.05) is 48.5 Å². The van der Waals surface area contributed by atoms with Gasteiger partial charge in [-0.05, 0) is 30.0 Å². The summed E-state index contributed by atoms with van der Waals surface area (Å²) in [5, 5.41) is 3.54. The second-order valence-electron chi connectivity index (χ2n) is 7.00. The first kappa shape index (κ1) is 19.1. The summed E-state index contributed by atoms with van der Waals surface area (Å²) in [6, 6.07) is 18.1. The van der Waals surface area contributed by atoms with Crippen LogP contribution in [0.5, 0.6) is 0 Å². The highest BCUT2D eigenvalue weighted by Crippen LogP contribution is 2.42. The molecule has 1 aliphatic heterocycles. The van der Waals surface area contributed by atoms with Crippen molar-refractivity contribution in [1.82, 2.24) is 10.2 Å². The molecule has 0 radical (unpaired) electrons. The molecule has 3 unspecified atom stereocenters. The average molecular weight is 465 g/mol. The molecule has 1 saturated heterocycles. The zero-order chi connectivity index (χ0) is 17.2. The number of aliphatic imine (C=N–C) groups is 1. The zero-order valence-electron chi connectivity index (χ0n) is 14.9. The maximum Gasteiger partial charge on any atom is 0.193 e. The van der Waals surface area contributed by atoms with Crippen molar-refractivity contribution in [2.45, 2.75) is 30.7 Å². The lowest BCUT2D eigenvalue weighted by atomic mass is 9.99. The molecule has 2 aliphatic rings. The minimum absolute atomic E-state index is 0. The Balaban J connectivity index is 0.00000196. The van der Waals surface area contributed by atoms with E-state index in [4.69, 9.17) is 0 Å². The maximum absolute atomic E-state index is 13.9. The quantitative estimate of drug-likeness (QED) is 0.415. The van der Waals surface area contributed by atoms with E-state index in [2.05, 4.69) is 45.5 Å². The molecule has 3 nitrogen and oxygen atoms in total. The molecule has 3 atom stereocenters. The van der Waals surface area contributed by atoms with E-state index in [1.165, 1.54) is 5.56 Å². The van der Waals surface area contributed by atoms with E-state index in [9.17, 15) is 4.39 Å². The third-order valence-corrected chi connectivity index (χ3v) is 5.38. The number of nitrogens with one attached hydrogen (secondary N) is 1. The van der Waals surface area contributed by atoms with Crippen LogP contribution in [-0.4, -0.2) is 37.0 Å². The Morgan fingerprint density at radius 2 is 1.85 bits per heavy atom. The van der Waals surface area contributed by atoms with Crippen molar-refractivity contribution < 1.29 is 4.39 Å². The smallest absolute Gasteiger partial charge is 0.193 e. The van der Waals surface area contributed by atoms with Gasteiger partial charge < -0.3 is 10.2 Å². The number of nitrogens with zero attached hydrogens (tertiary/aromatic N) is 2. The number of halogens is 2. The van der Waals surface area contributed by atoms with Crippen LogP contribution in [0.1, 0.15) is 35.8 Å². The Morgan fingerprint density at radius 1 is 1.12 bits per heavy atom. The molecule has 1 saturated carbocycles. The molecule has 0 aromatic heterocycles. The fraction of sp³-hybridized carbons (Fsp3) is 0.381. The molecule has 0 spiro atoms. The van der Waals surface area contributed by atoms with E-state index in [1.807, 2.05) is 19.2 Å². The van der Waals surface area contributed by atoms with Crippen LogP contribution in [0.4, 0.5) is 4.39 Å². The van der Waals surface area contributed by atoms with E-state index in [1.54, 1.807) is 12.1 Å². The first-order chi connectivity index (χ1) is 12.3. The van der Waals surface area contributed by atoms with Crippen LogP contribution in [0.3, 0.4) is 0 Å². The van der Waals surface area contributed by atoms with Crippen LogP contribution in [-0.2, 0) is 0 Å². The number of likely N-dealkylation sites (tertiary alicyclic amines) is 1. The number of hydrogen-bond donors (Lipinski definition) is 1. The predicted molar refractivity (Wildman–Crippen MR) is 115 cm³/mol. The van der Waals surface area contributed by atoms with Gasteiger partial charge in [-0.3, -0.25) is 4.99 Å². The molecule has 26 heavy (non-hydrogen) atoms. The van der Waals surface area contributed by atoms with Crippen LogP contribution in [0.15, 0.2) is 59.6 Å². The van der Waals surface area contributed by atoms with Gasteiger partial charge in [0.1, 0.15) is 5.82 Å². The Kier molecular flexibility index (Phi) is 6.16. The molecule has 0 amide bonds. The Labute approximate surface area is 171 Å². The highest BCUT2D eigenvalue weighted by atomic mass is 127. The molecule has 1 aliphatic carbocycles. The van der Waals surface area contributed by atoms with Crippen molar-refractivity contribution in [1.29, 1.82) is 0 Å². The first-order valence-corrected chi connectivity index (χ1v) is 9.04. The van der Waals surface area contributed by atoms with Gasteiger partial charge in [0.05, 0.1) is 0 Å². The van der Waals surface area contributed by atoms with Crippen LogP contribution in [0.2, 0.25) is 0 Å². The zero-order valence-corrected chi connectivity index (χ0v) is 17.3. The van der Waals surface area contributed by atoms with E-state index in [-0.39, 0.29) is 41.8 Å². The Morgan fingerprint density at radius 3 is 2.58 bits per heavy atom. The van der Waals surface area contributed by atoms with Crippen molar-refractivity contribution in [2.24, 2.45) is 4.99 Å². The summed E-state index contributed by atoms with van der Waals surface area (Å²) in [5.74, 6) is 1.66. The summed E-state index contributed by atoms with van der Waals surface area (Å²) >= 11 is 0. The monoisotopic (exact) mass is 465 g/mol. The number of hydrogen-bond acceptors (Lipinski definition) is 1. The Bertz CT molecular complexity index is 765. The van der Waals surface area contributed by atoms with Crippen molar-refractivity contribution in [3.05, 3.63) is 71.5 Å². The summed E-state index contributed by atoms with van der Waals surface area (Å²) < 4.78 is 13.9. The topological polar surface area (TPSA) is 27.6 Å². The summed E-state index contributed by atoms with van der Waals surface area (Å²) in [7, 11) is 1.83. The van der Waals surface area contributed by atoms with Gasteiger partial charge >= 0.3 is 0 Å². The maximum atomic E-state index is 13.9. The lowest BCUT2D eigenvalue weighted by Gasteiger charge is -2.22. The standard InChI is InChI=1S/C21H24FN3.HI/c1-23-21(24-20-13-18(20)17-9-5-6-10-19(17)22)25-12-11-16(14-25)15-7-3-2-4-8-15;/h2-10,16,18,20H,11-14H2,1H3,(H,23,24);1H. The summed E-state index contributed by atoms with van der Waals surface area (Å²) in [6.45, 7) is 2.00. The first-order valence-electron chi connectivity index (χ1n) is 9.04. The minimum Gasteiger partial charge on any atom is -0.353 e. The number of guanidine groups is 1. The number of benzene rings is 2. The second-order valence-corrected chi connectivity index (χ2v) is 7.00. The molecule has 0 bridgehead atoms. The van der Waals surface area contributed by atoms with Gasteiger partial charge in [0.15, 0.2) is 5.96 Å². The largest absolute Gasteiger partial charge is 0.353 e. The van der Waals surface area contributed by atoms with Crippen LogP contribution in [0.25, 0.3) is 0 Å².